The van der Waals surface area contributed by atoms with Gasteiger partial charge in [0.15, 0.2) is 0 Å². The highest BCUT2D eigenvalue weighted by molar-refractivity contribution is 6.36. The number of hydrogen-bond donors (Lipinski definition) is 1. The van der Waals surface area contributed by atoms with E-state index in [-0.39, 0.29) is 23.5 Å². The van der Waals surface area contributed by atoms with Gasteiger partial charge < -0.3 is 15.1 Å². The molecule has 0 bridgehead atoms. The lowest BCUT2D eigenvalue weighted by Gasteiger charge is -2.34. The minimum Gasteiger partial charge on any atom is -0.339 e. The zero-order valence-corrected chi connectivity index (χ0v) is 15.6. The predicted octanol–water partition coefficient (Wildman–Crippen LogP) is 2.83. The number of rotatable bonds is 3. The van der Waals surface area contributed by atoms with Crippen LogP contribution in [-0.2, 0) is 4.79 Å². The summed E-state index contributed by atoms with van der Waals surface area (Å²) in [5, 5.41) is 3.94. The summed E-state index contributed by atoms with van der Waals surface area (Å²) < 4.78 is 0. The van der Waals surface area contributed by atoms with Crippen LogP contribution < -0.4 is 5.32 Å². The fourth-order valence-electron chi connectivity index (χ4n) is 2.64. The van der Waals surface area contributed by atoms with Crippen LogP contribution in [0, 0.1) is 0 Å². The van der Waals surface area contributed by atoms with Crippen molar-refractivity contribution < 1.29 is 9.59 Å². The number of hydrogen-bond acceptors (Lipinski definition) is 5. The molecular weight excluding hydrogens is 377 g/mol. The van der Waals surface area contributed by atoms with E-state index in [9.17, 15) is 9.59 Å². The largest absolute Gasteiger partial charge is 0.339 e. The average Bonchev–Trinajstić information content (AvgIpc) is 2.64. The SMILES string of the molecule is CC(=O)N1CCN(C(=O)c2ccnc(Nc3ccc(Cl)cc3Cl)n2)CC1. The van der Waals surface area contributed by atoms with Gasteiger partial charge in [0, 0.05) is 44.3 Å². The number of anilines is 2. The van der Waals surface area contributed by atoms with Crippen LogP contribution in [0.4, 0.5) is 11.6 Å². The lowest BCUT2D eigenvalue weighted by Crippen LogP contribution is -2.50. The van der Waals surface area contributed by atoms with Gasteiger partial charge in [-0.3, -0.25) is 9.59 Å². The number of halogens is 2. The van der Waals surface area contributed by atoms with Crippen molar-refractivity contribution in [2.24, 2.45) is 0 Å². The molecule has 0 aliphatic carbocycles. The van der Waals surface area contributed by atoms with Gasteiger partial charge in [0.25, 0.3) is 5.91 Å². The van der Waals surface area contributed by atoms with E-state index in [1.807, 2.05) is 0 Å². The van der Waals surface area contributed by atoms with Crippen molar-refractivity contribution in [3.8, 4) is 0 Å². The molecule has 2 amide bonds. The molecule has 1 aromatic heterocycles. The highest BCUT2D eigenvalue weighted by Gasteiger charge is 2.24. The summed E-state index contributed by atoms with van der Waals surface area (Å²) >= 11 is 12.0. The second kappa shape index (κ2) is 7.88. The Kier molecular flexibility index (Phi) is 5.58. The van der Waals surface area contributed by atoms with Crippen LogP contribution in [0.1, 0.15) is 17.4 Å². The first-order chi connectivity index (χ1) is 12.4. The molecule has 1 saturated heterocycles. The van der Waals surface area contributed by atoms with Gasteiger partial charge in [-0.2, -0.15) is 0 Å². The number of benzene rings is 1. The molecule has 0 atom stereocenters. The molecule has 7 nitrogen and oxygen atoms in total. The van der Waals surface area contributed by atoms with Gasteiger partial charge in [0.2, 0.25) is 11.9 Å². The van der Waals surface area contributed by atoms with Crippen LogP contribution in [0.25, 0.3) is 0 Å². The molecule has 136 valence electrons. The molecule has 1 aliphatic rings. The van der Waals surface area contributed by atoms with Gasteiger partial charge >= 0.3 is 0 Å². The van der Waals surface area contributed by atoms with E-state index in [0.29, 0.717) is 41.9 Å². The summed E-state index contributed by atoms with van der Waals surface area (Å²) in [5.41, 5.74) is 0.875. The standard InChI is InChI=1S/C17H17Cl2N5O2/c1-11(25)23-6-8-24(9-7-23)16(26)15-4-5-20-17(22-15)21-14-3-2-12(18)10-13(14)19/h2-5,10H,6-9H2,1H3,(H,20,21,22). The number of amides is 2. The number of piperazine rings is 1. The first kappa shape index (κ1) is 18.4. The third-order valence-corrected chi connectivity index (χ3v) is 4.61. The van der Waals surface area contributed by atoms with Crippen molar-refractivity contribution in [2.45, 2.75) is 6.92 Å². The van der Waals surface area contributed by atoms with Crippen molar-refractivity contribution in [3.05, 3.63) is 46.2 Å². The zero-order chi connectivity index (χ0) is 18.7. The maximum atomic E-state index is 12.7. The molecule has 26 heavy (non-hydrogen) atoms. The van der Waals surface area contributed by atoms with E-state index in [1.165, 1.54) is 13.1 Å². The smallest absolute Gasteiger partial charge is 0.272 e. The van der Waals surface area contributed by atoms with Gasteiger partial charge in [0.1, 0.15) is 5.69 Å². The van der Waals surface area contributed by atoms with E-state index in [2.05, 4.69) is 15.3 Å². The summed E-state index contributed by atoms with van der Waals surface area (Å²) in [4.78, 5) is 35.8. The third-order valence-electron chi connectivity index (χ3n) is 4.06. The van der Waals surface area contributed by atoms with Crippen LogP contribution in [0.5, 0.6) is 0 Å². The van der Waals surface area contributed by atoms with Gasteiger partial charge in [-0.15, -0.1) is 0 Å². The number of carbonyl (C=O) groups is 2. The van der Waals surface area contributed by atoms with Crippen LogP contribution in [-0.4, -0.2) is 57.8 Å². The average molecular weight is 394 g/mol. The molecule has 3 rings (SSSR count). The summed E-state index contributed by atoms with van der Waals surface area (Å²) in [5.74, 6) is 0.0914. The van der Waals surface area contributed by atoms with Gasteiger partial charge in [-0.1, -0.05) is 23.2 Å². The molecular formula is C17H17Cl2N5O2. The van der Waals surface area contributed by atoms with Gasteiger partial charge in [-0.05, 0) is 24.3 Å². The normalized spacial score (nSPS) is 14.3. The Morgan fingerprint density at radius 3 is 2.42 bits per heavy atom. The molecule has 0 saturated carbocycles. The Morgan fingerprint density at radius 1 is 1.08 bits per heavy atom. The third kappa shape index (κ3) is 4.23. The van der Waals surface area contributed by atoms with Crippen LogP contribution >= 0.6 is 23.2 Å². The van der Waals surface area contributed by atoms with Gasteiger partial charge in [-0.25, -0.2) is 9.97 Å². The molecule has 1 aromatic carbocycles. The van der Waals surface area contributed by atoms with E-state index in [0.717, 1.165) is 0 Å². The van der Waals surface area contributed by atoms with E-state index >= 15 is 0 Å². The quantitative estimate of drug-likeness (QED) is 0.866. The second-order valence-corrected chi connectivity index (χ2v) is 6.66. The van der Waals surface area contributed by atoms with Crippen molar-refractivity contribution >= 4 is 46.7 Å². The van der Waals surface area contributed by atoms with Crippen LogP contribution in [0.15, 0.2) is 30.5 Å². The Labute approximate surface area is 160 Å². The molecule has 9 heteroatoms. The Hall–Kier alpha value is -2.38. The van der Waals surface area contributed by atoms with Crippen molar-refractivity contribution in [2.75, 3.05) is 31.5 Å². The monoisotopic (exact) mass is 393 g/mol. The second-order valence-electron chi connectivity index (χ2n) is 5.81. The molecule has 2 heterocycles. The van der Waals surface area contributed by atoms with Crippen LogP contribution in [0.2, 0.25) is 10.0 Å². The molecule has 1 aliphatic heterocycles. The number of aromatic nitrogens is 2. The minimum absolute atomic E-state index is 0.0189. The molecule has 0 radical (unpaired) electrons. The molecule has 1 N–H and O–H groups in total. The number of carbonyl (C=O) groups excluding carboxylic acids is 2. The summed E-state index contributed by atoms with van der Waals surface area (Å²) in [7, 11) is 0. The van der Waals surface area contributed by atoms with Crippen LogP contribution in [0.3, 0.4) is 0 Å². The predicted molar refractivity (Wildman–Crippen MR) is 99.9 cm³/mol. The summed E-state index contributed by atoms with van der Waals surface area (Å²) in [6.45, 7) is 3.54. The van der Waals surface area contributed by atoms with Gasteiger partial charge in [0.05, 0.1) is 10.7 Å². The lowest BCUT2D eigenvalue weighted by atomic mass is 10.2. The first-order valence-electron chi connectivity index (χ1n) is 8.04. The maximum Gasteiger partial charge on any atom is 0.272 e. The Bertz CT molecular complexity index is 838. The van der Waals surface area contributed by atoms with E-state index < -0.39 is 0 Å². The molecule has 2 aromatic rings. The lowest BCUT2D eigenvalue weighted by molar-refractivity contribution is -0.130. The highest BCUT2D eigenvalue weighted by atomic mass is 35.5. The van der Waals surface area contributed by atoms with Crippen molar-refractivity contribution in [1.29, 1.82) is 0 Å². The van der Waals surface area contributed by atoms with Crippen molar-refractivity contribution in [1.82, 2.24) is 19.8 Å². The van der Waals surface area contributed by atoms with Crippen molar-refractivity contribution in [3.63, 3.8) is 0 Å². The Morgan fingerprint density at radius 2 is 1.77 bits per heavy atom. The molecule has 0 spiro atoms. The topological polar surface area (TPSA) is 78.4 Å². The summed E-state index contributed by atoms with van der Waals surface area (Å²) in [6, 6.07) is 6.58. The Balaban J connectivity index is 1.71. The summed E-state index contributed by atoms with van der Waals surface area (Å²) in [6.07, 6.45) is 1.51. The minimum atomic E-state index is -0.194. The zero-order valence-electron chi connectivity index (χ0n) is 14.1. The fourth-order valence-corrected chi connectivity index (χ4v) is 3.09. The molecule has 0 unspecified atom stereocenters. The fraction of sp³-hybridized carbons (Fsp3) is 0.294. The number of nitrogens with one attached hydrogen (secondary N) is 1. The maximum absolute atomic E-state index is 12.7. The van der Waals surface area contributed by atoms with E-state index in [1.54, 1.807) is 34.1 Å². The van der Waals surface area contributed by atoms with E-state index in [4.69, 9.17) is 23.2 Å². The molecule has 1 fully saturated rings. The first-order valence-corrected chi connectivity index (χ1v) is 8.79. The highest BCUT2D eigenvalue weighted by Crippen LogP contribution is 2.27. The number of nitrogens with zero attached hydrogens (tertiary/aromatic N) is 4.